The quantitative estimate of drug-likeness (QED) is 0.364. The van der Waals surface area contributed by atoms with Gasteiger partial charge in [0.2, 0.25) is 11.8 Å². The van der Waals surface area contributed by atoms with Crippen LogP contribution < -0.4 is 16.9 Å². The number of aryl methyl sites for hydroxylation is 3. The molecule has 0 heterocycles. The van der Waals surface area contributed by atoms with Crippen molar-refractivity contribution in [3.05, 3.63) is 114 Å². The lowest BCUT2D eigenvalue weighted by Crippen LogP contribution is -2.16. The molecule has 0 aliphatic carbocycles. The van der Waals surface area contributed by atoms with Gasteiger partial charge >= 0.3 is 0 Å². The van der Waals surface area contributed by atoms with Crippen LogP contribution in [-0.2, 0) is 22.4 Å². The molecule has 0 spiro atoms. The number of primary amides is 2. The van der Waals surface area contributed by atoms with E-state index in [2.05, 4.69) is 6.07 Å². The van der Waals surface area contributed by atoms with Gasteiger partial charge in [-0.15, -0.1) is 0 Å². The summed E-state index contributed by atoms with van der Waals surface area (Å²) in [5, 5.41) is 0. The maximum atomic E-state index is 10.9. The fourth-order valence-corrected chi connectivity index (χ4v) is 3.91. The molecule has 2 radical (unpaired) electrons. The van der Waals surface area contributed by atoms with Crippen molar-refractivity contribution in [2.75, 3.05) is 0 Å². The van der Waals surface area contributed by atoms with Gasteiger partial charge in [0.05, 0.1) is 1.37 Å². The van der Waals surface area contributed by atoms with Crippen LogP contribution in [0.15, 0.2) is 97.0 Å². The molecule has 0 bridgehead atoms. The SMILES string of the molecule is [2H]c1ccc(-c2cccc(C)c2)c(CCC(N)=O)c1.[B]c1ccc(-c2ccccc2)cc1CCC(N)=O. The molecule has 5 heteroatoms. The van der Waals surface area contributed by atoms with Crippen LogP contribution in [0.3, 0.4) is 0 Å². The third-order valence-electron chi connectivity index (χ3n) is 5.81. The van der Waals surface area contributed by atoms with Gasteiger partial charge in [0.15, 0.2) is 0 Å². The molecule has 4 nitrogen and oxygen atoms in total. The minimum Gasteiger partial charge on any atom is -0.370 e. The van der Waals surface area contributed by atoms with Gasteiger partial charge in [-0.2, -0.15) is 0 Å². The second kappa shape index (κ2) is 13.1. The maximum Gasteiger partial charge on any atom is 0.217 e. The van der Waals surface area contributed by atoms with E-state index >= 15 is 0 Å². The molecule has 2 amide bonds. The average Bonchev–Trinajstić information content (AvgIpc) is 2.88. The first-order chi connectivity index (χ1) is 17.7. The molecular formula is C31H31BN2O2. The largest absolute Gasteiger partial charge is 0.370 e. The molecular weight excluding hydrogens is 443 g/mol. The van der Waals surface area contributed by atoms with Crippen LogP contribution in [0.2, 0.25) is 0 Å². The van der Waals surface area contributed by atoms with E-state index in [4.69, 9.17) is 20.7 Å². The first-order valence-corrected chi connectivity index (χ1v) is 11.9. The fraction of sp³-hybridized carbons (Fsp3) is 0.161. The van der Waals surface area contributed by atoms with Crippen molar-refractivity contribution >= 4 is 25.1 Å². The van der Waals surface area contributed by atoms with Crippen LogP contribution in [0.1, 0.15) is 30.9 Å². The van der Waals surface area contributed by atoms with Gasteiger partial charge in [-0.25, -0.2) is 0 Å². The Labute approximate surface area is 216 Å². The Morgan fingerprint density at radius 1 is 0.722 bits per heavy atom. The van der Waals surface area contributed by atoms with E-state index in [9.17, 15) is 9.59 Å². The highest BCUT2D eigenvalue weighted by Crippen LogP contribution is 2.25. The zero-order valence-electron chi connectivity index (χ0n) is 21.5. The topological polar surface area (TPSA) is 86.2 Å². The minimum absolute atomic E-state index is 0.306. The van der Waals surface area contributed by atoms with E-state index in [1.807, 2.05) is 79.7 Å². The molecule has 0 atom stereocenters. The molecule has 0 saturated heterocycles. The molecule has 0 aliphatic heterocycles. The van der Waals surface area contributed by atoms with Crippen molar-refractivity contribution in [3.63, 3.8) is 0 Å². The first-order valence-electron chi connectivity index (χ1n) is 12.4. The monoisotopic (exact) mass is 475 g/mol. The smallest absolute Gasteiger partial charge is 0.217 e. The molecule has 0 unspecified atom stereocenters. The number of rotatable bonds is 8. The highest BCUT2D eigenvalue weighted by atomic mass is 16.1. The summed E-state index contributed by atoms with van der Waals surface area (Å²) in [7, 11) is 5.90. The molecule has 4 rings (SSSR count). The summed E-state index contributed by atoms with van der Waals surface area (Å²) < 4.78 is 7.71. The standard InChI is InChI=1S/C16H17NO.C15H14BNO/c1-12-5-4-7-14(11-12)15-8-3-2-6-13(15)9-10-16(17)18;16-14-8-6-12(11-4-2-1-3-5-11)10-13(14)7-9-15(17)18/h2-8,11H,9-10H2,1H3,(H2,17,18);1-6,8,10H,7,9H2,(H2,17,18)/i2D;. The number of carbonyl (C=O) groups is 2. The summed E-state index contributed by atoms with van der Waals surface area (Å²) in [5.41, 5.74) is 18.6. The van der Waals surface area contributed by atoms with Crippen LogP contribution in [0.25, 0.3) is 22.3 Å². The third-order valence-corrected chi connectivity index (χ3v) is 5.81. The van der Waals surface area contributed by atoms with Gasteiger partial charge in [0.25, 0.3) is 0 Å². The van der Waals surface area contributed by atoms with E-state index < -0.39 is 0 Å². The summed E-state index contributed by atoms with van der Waals surface area (Å²) in [5.74, 6) is -0.620. The van der Waals surface area contributed by atoms with Crippen molar-refractivity contribution in [2.45, 2.75) is 32.6 Å². The van der Waals surface area contributed by atoms with Crippen molar-refractivity contribution in [1.82, 2.24) is 0 Å². The number of hydrogen-bond donors (Lipinski definition) is 2. The van der Waals surface area contributed by atoms with Crippen LogP contribution in [0.4, 0.5) is 0 Å². The van der Waals surface area contributed by atoms with Gasteiger partial charge in [0, 0.05) is 12.8 Å². The lowest BCUT2D eigenvalue weighted by molar-refractivity contribution is -0.118. The fourth-order valence-electron chi connectivity index (χ4n) is 3.91. The zero-order valence-corrected chi connectivity index (χ0v) is 20.5. The highest BCUT2D eigenvalue weighted by molar-refractivity contribution is 6.33. The van der Waals surface area contributed by atoms with Gasteiger partial charge in [-0.3, -0.25) is 9.59 Å². The molecule has 0 aliphatic rings. The Bertz CT molecular complexity index is 1370. The van der Waals surface area contributed by atoms with Crippen molar-refractivity contribution < 1.29 is 11.0 Å². The molecule has 180 valence electrons. The third kappa shape index (κ3) is 7.98. The summed E-state index contributed by atoms with van der Waals surface area (Å²) in [6.07, 6.45) is 1.79. The Morgan fingerprint density at radius 3 is 2.06 bits per heavy atom. The van der Waals surface area contributed by atoms with Crippen molar-refractivity contribution in [2.24, 2.45) is 11.5 Å². The molecule has 0 aromatic heterocycles. The summed E-state index contributed by atoms with van der Waals surface area (Å²) in [4.78, 5) is 21.8. The molecule has 0 fully saturated rings. The van der Waals surface area contributed by atoms with E-state index in [-0.39, 0.29) is 11.8 Å². The van der Waals surface area contributed by atoms with Gasteiger partial charge in [-0.05, 0) is 47.6 Å². The average molecular weight is 475 g/mol. The zero-order chi connectivity index (χ0) is 26.8. The second-order valence-corrected chi connectivity index (χ2v) is 8.66. The molecule has 0 saturated carbocycles. The summed E-state index contributed by atoms with van der Waals surface area (Å²) >= 11 is 0. The van der Waals surface area contributed by atoms with Crippen molar-refractivity contribution in [3.8, 4) is 22.3 Å². The van der Waals surface area contributed by atoms with Crippen LogP contribution in [-0.4, -0.2) is 19.7 Å². The summed E-state index contributed by atoms with van der Waals surface area (Å²) in [6, 6.07) is 30.1. The summed E-state index contributed by atoms with van der Waals surface area (Å²) in [6.45, 7) is 2.05. The molecule has 4 N–H and O–H groups in total. The number of amides is 2. The Kier molecular flexibility index (Phi) is 9.10. The lowest BCUT2D eigenvalue weighted by atomic mass is 9.86. The maximum absolute atomic E-state index is 10.9. The van der Waals surface area contributed by atoms with E-state index in [0.29, 0.717) is 37.2 Å². The van der Waals surface area contributed by atoms with Gasteiger partial charge in [0.1, 0.15) is 7.85 Å². The molecule has 4 aromatic rings. The number of hydrogen-bond acceptors (Lipinski definition) is 2. The first kappa shape index (κ1) is 25.0. The Hall–Kier alpha value is -4.12. The molecule has 4 aromatic carbocycles. The van der Waals surface area contributed by atoms with Gasteiger partial charge < -0.3 is 11.5 Å². The highest BCUT2D eigenvalue weighted by Gasteiger charge is 2.06. The van der Waals surface area contributed by atoms with Gasteiger partial charge in [-0.1, -0.05) is 114 Å². The molecule has 36 heavy (non-hydrogen) atoms. The Morgan fingerprint density at radius 2 is 1.39 bits per heavy atom. The lowest BCUT2D eigenvalue weighted by Gasteiger charge is -2.09. The van der Waals surface area contributed by atoms with Crippen molar-refractivity contribution in [1.29, 1.82) is 0 Å². The Balaban J connectivity index is 0.000000206. The minimum atomic E-state index is -0.314. The number of carbonyl (C=O) groups excluding carboxylic acids is 2. The number of benzene rings is 4. The normalized spacial score (nSPS) is 10.6. The second-order valence-electron chi connectivity index (χ2n) is 8.66. The van der Waals surface area contributed by atoms with E-state index in [1.165, 1.54) is 5.56 Å². The van der Waals surface area contributed by atoms with Crippen LogP contribution >= 0.6 is 0 Å². The predicted molar refractivity (Wildman–Crippen MR) is 149 cm³/mol. The van der Waals surface area contributed by atoms with Crippen LogP contribution in [0.5, 0.6) is 0 Å². The van der Waals surface area contributed by atoms with Crippen LogP contribution in [0, 0.1) is 6.92 Å². The van der Waals surface area contributed by atoms with E-state index in [0.717, 1.165) is 33.4 Å². The predicted octanol–water partition coefficient (Wildman–Crippen LogP) is 4.65. The number of nitrogens with two attached hydrogens (primary N) is 2. The van der Waals surface area contributed by atoms with E-state index in [1.54, 1.807) is 12.1 Å².